The summed E-state index contributed by atoms with van der Waals surface area (Å²) in [6.45, 7) is 1.08. The topological polar surface area (TPSA) is 15.3 Å². The second kappa shape index (κ2) is 4.42. The smallest absolute Gasteiger partial charge is 0.0426 e. The van der Waals surface area contributed by atoms with E-state index in [1.807, 2.05) is 12.1 Å². The van der Waals surface area contributed by atoms with E-state index in [4.69, 9.17) is 11.6 Å². The molecule has 0 spiro atoms. The summed E-state index contributed by atoms with van der Waals surface area (Å²) in [7, 11) is 4.21. The zero-order valence-electron chi connectivity index (χ0n) is 9.26. The van der Waals surface area contributed by atoms with Crippen molar-refractivity contribution in [2.75, 3.05) is 26.0 Å². The molecule has 0 bridgehead atoms. The SMILES string of the molecule is CN(C)CC1CCc2ccc(Cl)cc2N1. The van der Waals surface area contributed by atoms with Crippen LogP contribution in [0.2, 0.25) is 5.02 Å². The van der Waals surface area contributed by atoms with Crippen LogP contribution in [-0.4, -0.2) is 31.6 Å². The number of hydrogen-bond donors (Lipinski definition) is 1. The molecule has 0 radical (unpaired) electrons. The number of anilines is 1. The van der Waals surface area contributed by atoms with Crippen molar-refractivity contribution in [1.29, 1.82) is 0 Å². The highest BCUT2D eigenvalue weighted by atomic mass is 35.5. The number of nitrogens with zero attached hydrogens (tertiary/aromatic N) is 1. The fourth-order valence-electron chi connectivity index (χ4n) is 2.10. The summed E-state index contributed by atoms with van der Waals surface area (Å²) in [6, 6.07) is 6.66. The average Bonchev–Trinajstić information content (AvgIpc) is 2.16. The number of rotatable bonds is 2. The fraction of sp³-hybridized carbons (Fsp3) is 0.500. The highest BCUT2D eigenvalue weighted by molar-refractivity contribution is 6.30. The Balaban J connectivity index is 2.11. The number of benzene rings is 1. The van der Waals surface area contributed by atoms with Crippen LogP contribution in [-0.2, 0) is 6.42 Å². The van der Waals surface area contributed by atoms with Crippen molar-refractivity contribution in [3.63, 3.8) is 0 Å². The monoisotopic (exact) mass is 224 g/mol. The second-order valence-corrected chi connectivity index (χ2v) is 4.88. The van der Waals surface area contributed by atoms with Gasteiger partial charge in [-0.3, -0.25) is 0 Å². The van der Waals surface area contributed by atoms with Gasteiger partial charge in [0.25, 0.3) is 0 Å². The molecule has 2 rings (SSSR count). The molecule has 1 heterocycles. The lowest BCUT2D eigenvalue weighted by Gasteiger charge is -2.29. The Morgan fingerprint density at radius 3 is 3.00 bits per heavy atom. The summed E-state index contributed by atoms with van der Waals surface area (Å²) in [5, 5.41) is 4.35. The molecule has 0 saturated carbocycles. The third kappa shape index (κ3) is 2.64. The zero-order valence-corrected chi connectivity index (χ0v) is 10.0. The minimum absolute atomic E-state index is 0.547. The van der Waals surface area contributed by atoms with E-state index in [2.05, 4.69) is 30.4 Å². The molecule has 0 saturated heterocycles. The minimum Gasteiger partial charge on any atom is -0.381 e. The first-order valence-corrected chi connectivity index (χ1v) is 5.72. The van der Waals surface area contributed by atoms with Crippen molar-refractivity contribution in [1.82, 2.24) is 4.90 Å². The molecule has 1 aromatic carbocycles. The summed E-state index contributed by atoms with van der Waals surface area (Å²) < 4.78 is 0. The Kier molecular flexibility index (Phi) is 3.17. The Labute approximate surface area is 96.2 Å². The van der Waals surface area contributed by atoms with Gasteiger partial charge >= 0.3 is 0 Å². The molecule has 2 nitrogen and oxygen atoms in total. The standard InChI is InChI=1S/C12H17ClN2/c1-15(2)8-11-6-4-9-3-5-10(13)7-12(9)14-11/h3,5,7,11,14H,4,6,8H2,1-2H3. The van der Waals surface area contributed by atoms with Crippen LogP contribution in [0, 0.1) is 0 Å². The minimum atomic E-state index is 0.547. The zero-order chi connectivity index (χ0) is 10.8. The summed E-state index contributed by atoms with van der Waals surface area (Å²) in [5.74, 6) is 0. The lowest BCUT2D eigenvalue weighted by atomic mass is 9.98. The normalized spacial score (nSPS) is 19.9. The maximum Gasteiger partial charge on any atom is 0.0426 e. The van der Waals surface area contributed by atoms with Crippen LogP contribution in [0.4, 0.5) is 5.69 Å². The van der Waals surface area contributed by atoms with E-state index in [9.17, 15) is 0 Å². The molecule has 1 unspecified atom stereocenters. The lowest BCUT2D eigenvalue weighted by molar-refractivity contribution is 0.371. The molecular formula is C12H17ClN2. The Morgan fingerprint density at radius 1 is 1.47 bits per heavy atom. The second-order valence-electron chi connectivity index (χ2n) is 4.44. The van der Waals surface area contributed by atoms with Crippen LogP contribution in [0.15, 0.2) is 18.2 Å². The molecule has 15 heavy (non-hydrogen) atoms. The predicted octanol–water partition coefficient (Wildman–Crippen LogP) is 2.63. The van der Waals surface area contributed by atoms with Crippen molar-refractivity contribution in [2.24, 2.45) is 0 Å². The van der Waals surface area contributed by atoms with E-state index in [0.717, 1.165) is 18.0 Å². The van der Waals surface area contributed by atoms with Crippen LogP contribution < -0.4 is 5.32 Å². The van der Waals surface area contributed by atoms with Crippen molar-refractivity contribution < 1.29 is 0 Å². The molecule has 0 amide bonds. The van der Waals surface area contributed by atoms with Gasteiger partial charge in [0.1, 0.15) is 0 Å². The molecule has 1 aromatic rings. The Hall–Kier alpha value is -0.730. The van der Waals surface area contributed by atoms with Crippen LogP contribution in [0.1, 0.15) is 12.0 Å². The van der Waals surface area contributed by atoms with Gasteiger partial charge in [-0.2, -0.15) is 0 Å². The van der Waals surface area contributed by atoms with Gasteiger partial charge in [-0.15, -0.1) is 0 Å². The first-order valence-electron chi connectivity index (χ1n) is 5.35. The number of aryl methyl sites for hydroxylation is 1. The number of likely N-dealkylation sites (N-methyl/N-ethyl adjacent to an activating group) is 1. The van der Waals surface area contributed by atoms with Crippen LogP contribution in [0.3, 0.4) is 0 Å². The number of halogens is 1. The van der Waals surface area contributed by atoms with Crippen LogP contribution in [0.25, 0.3) is 0 Å². The first kappa shape index (κ1) is 10.8. The summed E-state index contributed by atoms with van der Waals surface area (Å²) in [4.78, 5) is 2.22. The number of nitrogens with one attached hydrogen (secondary N) is 1. The number of fused-ring (bicyclic) bond motifs is 1. The van der Waals surface area contributed by atoms with E-state index in [0.29, 0.717) is 6.04 Å². The van der Waals surface area contributed by atoms with Gasteiger partial charge in [0.05, 0.1) is 0 Å². The van der Waals surface area contributed by atoms with Gasteiger partial charge in [-0.1, -0.05) is 17.7 Å². The third-order valence-electron chi connectivity index (χ3n) is 2.78. The predicted molar refractivity (Wildman–Crippen MR) is 65.7 cm³/mol. The maximum atomic E-state index is 5.98. The van der Waals surface area contributed by atoms with Crippen LogP contribution >= 0.6 is 11.6 Å². The summed E-state index contributed by atoms with van der Waals surface area (Å²) in [6.07, 6.45) is 2.35. The molecule has 1 aliphatic heterocycles. The van der Waals surface area contributed by atoms with E-state index < -0.39 is 0 Å². The Bertz CT molecular complexity index is 349. The summed E-state index contributed by atoms with van der Waals surface area (Å²) >= 11 is 5.98. The highest BCUT2D eigenvalue weighted by Crippen LogP contribution is 2.27. The van der Waals surface area contributed by atoms with Gasteiger partial charge < -0.3 is 10.2 Å². The first-order chi connectivity index (χ1) is 7.15. The molecule has 3 heteroatoms. The quantitative estimate of drug-likeness (QED) is 0.831. The highest BCUT2D eigenvalue weighted by Gasteiger charge is 2.17. The third-order valence-corrected chi connectivity index (χ3v) is 3.01. The van der Waals surface area contributed by atoms with Gasteiger partial charge in [0, 0.05) is 23.3 Å². The summed E-state index contributed by atoms with van der Waals surface area (Å²) in [5.41, 5.74) is 2.59. The van der Waals surface area contributed by atoms with Gasteiger partial charge in [-0.05, 0) is 44.6 Å². The van der Waals surface area contributed by atoms with Gasteiger partial charge in [0.15, 0.2) is 0 Å². The fourth-order valence-corrected chi connectivity index (χ4v) is 2.27. The van der Waals surface area contributed by atoms with Crippen molar-refractivity contribution in [3.05, 3.63) is 28.8 Å². The number of hydrogen-bond acceptors (Lipinski definition) is 2. The molecule has 82 valence electrons. The molecule has 1 N–H and O–H groups in total. The molecule has 1 aliphatic rings. The van der Waals surface area contributed by atoms with Gasteiger partial charge in [-0.25, -0.2) is 0 Å². The molecule has 0 aromatic heterocycles. The van der Waals surface area contributed by atoms with E-state index in [1.165, 1.54) is 17.7 Å². The molecule has 0 fully saturated rings. The maximum absolute atomic E-state index is 5.98. The Morgan fingerprint density at radius 2 is 2.27 bits per heavy atom. The molecule has 1 atom stereocenters. The molecule has 0 aliphatic carbocycles. The van der Waals surface area contributed by atoms with E-state index in [-0.39, 0.29) is 0 Å². The lowest BCUT2D eigenvalue weighted by Crippen LogP contribution is -2.35. The van der Waals surface area contributed by atoms with E-state index in [1.54, 1.807) is 0 Å². The van der Waals surface area contributed by atoms with Crippen molar-refractivity contribution in [3.8, 4) is 0 Å². The van der Waals surface area contributed by atoms with E-state index >= 15 is 0 Å². The molecular weight excluding hydrogens is 208 g/mol. The van der Waals surface area contributed by atoms with Crippen LogP contribution in [0.5, 0.6) is 0 Å². The average molecular weight is 225 g/mol. The van der Waals surface area contributed by atoms with Gasteiger partial charge in [0.2, 0.25) is 0 Å². The van der Waals surface area contributed by atoms with Crippen molar-refractivity contribution in [2.45, 2.75) is 18.9 Å². The van der Waals surface area contributed by atoms with Crippen molar-refractivity contribution >= 4 is 17.3 Å². The largest absolute Gasteiger partial charge is 0.381 e.